The minimum Gasteiger partial charge on any atom is -0.256 e. The van der Waals surface area contributed by atoms with Gasteiger partial charge in [-0.15, -0.1) is 0 Å². The van der Waals surface area contributed by atoms with E-state index in [0.717, 1.165) is 77.9 Å². The Labute approximate surface area is 332 Å². The molecule has 0 saturated carbocycles. The van der Waals surface area contributed by atoms with E-state index in [4.69, 9.17) is 21.5 Å². The molecule has 0 atom stereocenters. The van der Waals surface area contributed by atoms with Crippen LogP contribution in [-0.2, 0) is 5.41 Å². The van der Waals surface area contributed by atoms with Crippen LogP contribution >= 0.6 is 0 Å². The second kappa shape index (κ2) is 13.7. The Morgan fingerprint density at radius 1 is 0.456 bits per heavy atom. The van der Waals surface area contributed by atoms with Gasteiger partial charge in [0.25, 0.3) is 0 Å². The van der Waals surface area contributed by atoms with Gasteiger partial charge >= 0.3 is 0 Å². The number of rotatable bonds is 6. The third kappa shape index (κ3) is 5.98. The molecule has 4 nitrogen and oxygen atoms in total. The number of hydrogen-bond acceptors (Lipinski definition) is 3. The van der Waals surface area contributed by atoms with Crippen LogP contribution in [0.3, 0.4) is 0 Å². The van der Waals surface area contributed by atoms with Gasteiger partial charge in [0.2, 0.25) is 0 Å². The van der Waals surface area contributed by atoms with E-state index in [0.29, 0.717) is 11.5 Å². The summed E-state index contributed by atoms with van der Waals surface area (Å²) in [6.07, 6.45) is 1.86. The molecule has 0 radical (unpaired) electrons. The zero-order valence-corrected chi connectivity index (χ0v) is 31.6. The van der Waals surface area contributed by atoms with E-state index in [1.165, 1.54) is 16.7 Å². The molecular formula is C53H36N4. The monoisotopic (exact) mass is 728 g/mol. The van der Waals surface area contributed by atoms with Crippen molar-refractivity contribution >= 4 is 16.6 Å². The molecule has 10 rings (SSSR count). The number of nitrogens with zero attached hydrogens (tertiary/aromatic N) is 4. The van der Waals surface area contributed by atoms with Crippen molar-refractivity contribution < 1.29 is 0 Å². The average molecular weight is 729 g/mol. The van der Waals surface area contributed by atoms with Crippen LogP contribution in [0.4, 0.5) is 5.69 Å². The van der Waals surface area contributed by atoms with E-state index in [-0.39, 0.29) is 5.41 Å². The van der Waals surface area contributed by atoms with Gasteiger partial charge in [-0.25, -0.2) is 14.8 Å². The van der Waals surface area contributed by atoms with Crippen LogP contribution in [0.5, 0.6) is 0 Å². The lowest BCUT2D eigenvalue weighted by Crippen LogP contribution is -2.14. The third-order valence-electron chi connectivity index (χ3n) is 11.4. The van der Waals surface area contributed by atoms with Crippen molar-refractivity contribution in [3.8, 4) is 78.4 Å². The van der Waals surface area contributed by atoms with Crippen LogP contribution in [-0.4, -0.2) is 15.0 Å². The summed E-state index contributed by atoms with van der Waals surface area (Å²) in [5.74, 6) is 0.668. The zero-order valence-electron chi connectivity index (χ0n) is 31.6. The molecule has 0 fully saturated rings. The number of fused-ring (bicyclic) bond motifs is 4. The summed E-state index contributed by atoms with van der Waals surface area (Å²) in [4.78, 5) is 19.2. The number of para-hydroxylation sites is 1. The first-order valence-electron chi connectivity index (χ1n) is 19.2. The molecule has 0 aliphatic heterocycles. The molecule has 4 heteroatoms. The largest absolute Gasteiger partial charge is 0.256 e. The van der Waals surface area contributed by atoms with Crippen LogP contribution in [0.15, 0.2) is 182 Å². The van der Waals surface area contributed by atoms with Gasteiger partial charge in [-0.1, -0.05) is 153 Å². The highest BCUT2D eigenvalue weighted by atomic mass is 14.9. The van der Waals surface area contributed by atoms with Crippen molar-refractivity contribution in [2.75, 3.05) is 0 Å². The van der Waals surface area contributed by atoms with E-state index >= 15 is 0 Å². The first kappa shape index (κ1) is 34.0. The van der Waals surface area contributed by atoms with Crippen molar-refractivity contribution in [2.24, 2.45) is 0 Å². The second-order valence-electron chi connectivity index (χ2n) is 15.1. The quantitative estimate of drug-likeness (QED) is 0.160. The first-order chi connectivity index (χ1) is 27.9. The van der Waals surface area contributed by atoms with Gasteiger partial charge in [0.1, 0.15) is 0 Å². The normalized spacial score (nSPS) is 12.5. The topological polar surface area (TPSA) is 43.0 Å². The Balaban J connectivity index is 1.18. The minimum atomic E-state index is -0.260. The number of pyridine rings is 1. The van der Waals surface area contributed by atoms with Crippen LogP contribution in [0, 0.1) is 6.57 Å². The molecule has 268 valence electrons. The SMILES string of the molecule is [C-]#[N+]c1cccc2c1-c1ccc(-c3cc(-c4cc(-c5ccc(-c6ccccc6)cc5)nc(-c5ccccc5)n4)cc(-c4cccc5cccnc45)c3)cc1C2(C)C. The van der Waals surface area contributed by atoms with Gasteiger partial charge in [-0.2, -0.15) is 0 Å². The Bertz CT molecular complexity index is 3030. The van der Waals surface area contributed by atoms with E-state index in [2.05, 4.69) is 152 Å². The molecule has 0 saturated heterocycles. The van der Waals surface area contributed by atoms with Crippen LogP contribution < -0.4 is 0 Å². The Hall–Kier alpha value is -7.48. The summed E-state index contributed by atoms with van der Waals surface area (Å²) >= 11 is 0. The maximum absolute atomic E-state index is 7.92. The molecule has 0 N–H and O–H groups in total. The van der Waals surface area contributed by atoms with Gasteiger partial charge in [0, 0.05) is 39.3 Å². The van der Waals surface area contributed by atoms with Crippen molar-refractivity contribution in [3.05, 3.63) is 205 Å². The fraction of sp³-hybridized carbons (Fsp3) is 0.0566. The van der Waals surface area contributed by atoms with Gasteiger partial charge < -0.3 is 0 Å². The summed E-state index contributed by atoms with van der Waals surface area (Å²) in [6, 6.07) is 61.4. The molecule has 7 aromatic carbocycles. The summed E-state index contributed by atoms with van der Waals surface area (Å²) < 4.78 is 0. The molecule has 0 amide bonds. The number of hydrogen-bond donors (Lipinski definition) is 0. The van der Waals surface area contributed by atoms with Gasteiger partial charge in [0.05, 0.1) is 23.5 Å². The smallest absolute Gasteiger partial charge is 0.195 e. The van der Waals surface area contributed by atoms with Crippen LogP contribution in [0.2, 0.25) is 0 Å². The summed E-state index contributed by atoms with van der Waals surface area (Å²) in [5, 5.41) is 1.09. The predicted molar refractivity (Wildman–Crippen MR) is 234 cm³/mol. The number of aromatic nitrogens is 3. The summed E-state index contributed by atoms with van der Waals surface area (Å²) in [7, 11) is 0. The minimum absolute atomic E-state index is 0.260. The number of benzene rings is 7. The average Bonchev–Trinajstić information content (AvgIpc) is 3.51. The lowest BCUT2D eigenvalue weighted by atomic mass is 9.81. The highest BCUT2D eigenvalue weighted by molar-refractivity contribution is 5.96. The van der Waals surface area contributed by atoms with Crippen molar-refractivity contribution in [1.82, 2.24) is 15.0 Å². The first-order valence-corrected chi connectivity index (χ1v) is 19.2. The van der Waals surface area contributed by atoms with Crippen molar-refractivity contribution in [1.29, 1.82) is 0 Å². The van der Waals surface area contributed by atoms with Gasteiger partial charge in [-0.3, -0.25) is 4.98 Å². The van der Waals surface area contributed by atoms with Crippen molar-refractivity contribution in [3.63, 3.8) is 0 Å². The van der Waals surface area contributed by atoms with E-state index < -0.39 is 0 Å². The molecule has 57 heavy (non-hydrogen) atoms. The fourth-order valence-electron chi connectivity index (χ4n) is 8.40. The molecule has 0 spiro atoms. The van der Waals surface area contributed by atoms with E-state index in [1.807, 2.05) is 48.7 Å². The zero-order chi connectivity index (χ0) is 38.5. The molecule has 2 heterocycles. The van der Waals surface area contributed by atoms with Crippen molar-refractivity contribution in [2.45, 2.75) is 19.3 Å². The molecule has 2 aromatic heterocycles. The molecule has 1 aliphatic carbocycles. The Morgan fingerprint density at radius 2 is 1.09 bits per heavy atom. The maximum Gasteiger partial charge on any atom is 0.195 e. The van der Waals surface area contributed by atoms with E-state index in [1.54, 1.807) is 0 Å². The predicted octanol–water partition coefficient (Wildman–Crippen LogP) is 13.9. The molecule has 0 unspecified atom stereocenters. The fourth-order valence-corrected chi connectivity index (χ4v) is 8.40. The molecule has 9 aromatic rings. The Kier molecular flexibility index (Phi) is 8.17. The summed E-state index contributed by atoms with van der Waals surface area (Å²) in [5.41, 5.74) is 17.2. The lowest BCUT2D eigenvalue weighted by molar-refractivity contribution is 0.661. The maximum atomic E-state index is 7.92. The molecular weight excluding hydrogens is 693 g/mol. The second-order valence-corrected chi connectivity index (χ2v) is 15.1. The molecule has 1 aliphatic rings. The highest BCUT2D eigenvalue weighted by Gasteiger charge is 2.36. The van der Waals surface area contributed by atoms with E-state index in [9.17, 15) is 0 Å². The standard InChI is InChI=1S/C53H36N4/c1-53(2)45-20-11-21-47(54-3)50(45)44-27-26-39(32-46(44)53)40-29-41(43-19-10-17-37-18-12-28-55-51(37)43)31-42(30-40)49-33-48(56-52(57-49)38-15-8-5-9-16-38)36-24-22-35(23-25-36)34-13-6-4-7-14-34/h4-33H,1-2H3. The molecule has 0 bridgehead atoms. The van der Waals surface area contributed by atoms with Gasteiger partial charge in [0.15, 0.2) is 11.5 Å². The Morgan fingerprint density at radius 3 is 1.86 bits per heavy atom. The van der Waals surface area contributed by atoms with Gasteiger partial charge in [-0.05, 0) is 86.5 Å². The highest BCUT2D eigenvalue weighted by Crippen LogP contribution is 2.53. The third-order valence-corrected chi connectivity index (χ3v) is 11.4. The van der Waals surface area contributed by atoms with Crippen LogP contribution in [0.25, 0.3) is 94.2 Å². The lowest BCUT2D eigenvalue weighted by Gasteiger charge is -2.22. The van der Waals surface area contributed by atoms with Crippen LogP contribution in [0.1, 0.15) is 25.0 Å². The summed E-state index contributed by atoms with van der Waals surface area (Å²) in [6.45, 7) is 12.4.